The van der Waals surface area contributed by atoms with E-state index in [-0.39, 0.29) is 10.5 Å². The number of amides is 4. The maximum Gasteiger partial charge on any atom is 0.338 e. The second-order valence-corrected chi connectivity index (χ2v) is 10.8. The summed E-state index contributed by atoms with van der Waals surface area (Å²) in [6.45, 7) is 1.01. The minimum Gasteiger partial charge on any atom is -0.452 e. The van der Waals surface area contributed by atoms with Gasteiger partial charge in [0.15, 0.2) is 6.61 Å². The highest BCUT2D eigenvalue weighted by molar-refractivity contribution is 9.10. The molecule has 0 saturated carbocycles. The number of hydrogen-bond acceptors (Lipinski definition) is 7. The van der Waals surface area contributed by atoms with Crippen molar-refractivity contribution in [1.82, 2.24) is 4.90 Å². The van der Waals surface area contributed by atoms with Crippen LogP contribution in [-0.2, 0) is 19.1 Å². The molecule has 0 radical (unpaired) electrons. The fraction of sp³-hybridized carbons (Fsp3) is 0.107. The van der Waals surface area contributed by atoms with Crippen LogP contribution < -0.4 is 10.6 Å². The molecule has 4 rings (SSSR count). The van der Waals surface area contributed by atoms with E-state index >= 15 is 0 Å². The van der Waals surface area contributed by atoms with Crippen molar-refractivity contribution in [2.45, 2.75) is 6.92 Å². The maximum atomic E-state index is 12.8. The standard InChI is InChI=1S/C28H21BrClN3O6S/c1-16-2-8-19(9-3-16)31-25(35)15-39-27(37)18-6-4-17(5-7-18)12-23-26(36)33(28(38)40-23)14-24(34)32-20-10-11-21(29)22(30)13-20/h2-13H,14-15H2,1H3,(H,31,35)(H,32,34)/b23-12-. The van der Waals surface area contributed by atoms with Crippen LogP contribution in [0.1, 0.15) is 21.5 Å². The predicted molar refractivity (Wildman–Crippen MR) is 157 cm³/mol. The highest BCUT2D eigenvalue weighted by atomic mass is 79.9. The summed E-state index contributed by atoms with van der Waals surface area (Å²) >= 11 is 10.00. The van der Waals surface area contributed by atoms with Gasteiger partial charge in [0, 0.05) is 15.8 Å². The molecule has 2 N–H and O–H groups in total. The Morgan fingerprint density at radius 3 is 2.27 bits per heavy atom. The first kappa shape index (κ1) is 29.1. The molecule has 0 unspecified atom stereocenters. The van der Waals surface area contributed by atoms with E-state index in [1.807, 2.05) is 19.1 Å². The molecule has 1 saturated heterocycles. The Hall–Kier alpha value is -3.93. The predicted octanol–water partition coefficient (Wildman–Crippen LogP) is 5.88. The van der Waals surface area contributed by atoms with E-state index in [2.05, 4.69) is 26.6 Å². The molecule has 40 heavy (non-hydrogen) atoms. The van der Waals surface area contributed by atoms with Gasteiger partial charge in [-0.1, -0.05) is 41.4 Å². The van der Waals surface area contributed by atoms with E-state index in [1.54, 1.807) is 36.4 Å². The lowest BCUT2D eigenvalue weighted by Crippen LogP contribution is -2.36. The van der Waals surface area contributed by atoms with Crippen LogP contribution in [0.2, 0.25) is 5.02 Å². The van der Waals surface area contributed by atoms with Gasteiger partial charge in [-0.05, 0) is 88.7 Å². The number of nitrogens with one attached hydrogen (secondary N) is 2. The van der Waals surface area contributed by atoms with Gasteiger partial charge in [-0.3, -0.25) is 24.1 Å². The van der Waals surface area contributed by atoms with Gasteiger partial charge in [0.2, 0.25) is 5.91 Å². The molecule has 9 nitrogen and oxygen atoms in total. The second kappa shape index (κ2) is 12.9. The van der Waals surface area contributed by atoms with Gasteiger partial charge in [-0.15, -0.1) is 0 Å². The SMILES string of the molecule is Cc1ccc(NC(=O)COC(=O)c2ccc(/C=C3\SC(=O)N(CC(=O)Nc4ccc(Br)c(Cl)c4)C3=O)cc2)cc1. The molecule has 1 aliphatic rings. The number of anilines is 2. The van der Waals surface area contributed by atoms with Crippen LogP contribution in [0.3, 0.4) is 0 Å². The third-order valence-electron chi connectivity index (χ3n) is 5.49. The largest absolute Gasteiger partial charge is 0.452 e. The summed E-state index contributed by atoms with van der Waals surface area (Å²) < 4.78 is 5.73. The summed E-state index contributed by atoms with van der Waals surface area (Å²) in [5.41, 5.74) is 2.82. The molecular weight excluding hydrogens is 622 g/mol. The molecule has 1 heterocycles. The minimum absolute atomic E-state index is 0.132. The summed E-state index contributed by atoms with van der Waals surface area (Å²) in [6, 6.07) is 18.1. The third kappa shape index (κ3) is 7.59. The van der Waals surface area contributed by atoms with Crippen LogP contribution in [0.4, 0.5) is 16.2 Å². The number of halogens is 2. The van der Waals surface area contributed by atoms with Gasteiger partial charge in [-0.2, -0.15) is 0 Å². The molecule has 0 spiro atoms. The molecule has 0 bridgehead atoms. The summed E-state index contributed by atoms with van der Waals surface area (Å²) in [6.07, 6.45) is 1.49. The maximum absolute atomic E-state index is 12.8. The lowest BCUT2D eigenvalue weighted by molar-refractivity contribution is -0.127. The Morgan fingerprint density at radius 2 is 1.60 bits per heavy atom. The number of carbonyl (C=O) groups is 5. The van der Waals surface area contributed by atoms with Gasteiger partial charge in [0.1, 0.15) is 6.54 Å². The van der Waals surface area contributed by atoms with Gasteiger partial charge in [0.05, 0.1) is 15.5 Å². The van der Waals surface area contributed by atoms with Crippen molar-refractivity contribution >= 4 is 85.7 Å². The number of rotatable bonds is 8. The number of carbonyl (C=O) groups excluding carboxylic acids is 5. The fourth-order valence-electron chi connectivity index (χ4n) is 3.47. The molecule has 4 amide bonds. The summed E-state index contributed by atoms with van der Waals surface area (Å²) in [4.78, 5) is 63.0. The average molecular weight is 643 g/mol. The first-order chi connectivity index (χ1) is 19.1. The number of benzene rings is 3. The van der Waals surface area contributed by atoms with Crippen LogP contribution >= 0.6 is 39.3 Å². The van der Waals surface area contributed by atoms with E-state index < -0.39 is 42.1 Å². The smallest absolute Gasteiger partial charge is 0.338 e. The number of imide groups is 1. The highest BCUT2D eigenvalue weighted by Crippen LogP contribution is 2.32. The number of esters is 1. The van der Waals surface area contributed by atoms with Crippen LogP contribution in [0.5, 0.6) is 0 Å². The van der Waals surface area contributed by atoms with E-state index in [0.29, 0.717) is 38.2 Å². The van der Waals surface area contributed by atoms with Crippen molar-refractivity contribution in [1.29, 1.82) is 0 Å². The monoisotopic (exact) mass is 641 g/mol. The minimum atomic E-state index is -0.691. The van der Waals surface area contributed by atoms with Crippen molar-refractivity contribution in [2.75, 3.05) is 23.8 Å². The zero-order chi connectivity index (χ0) is 28.8. The van der Waals surface area contributed by atoms with E-state index in [1.165, 1.54) is 24.3 Å². The summed E-state index contributed by atoms with van der Waals surface area (Å²) in [7, 11) is 0. The van der Waals surface area contributed by atoms with E-state index in [4.69, 9.17) is 16.3 Å². The summed E-state index contributed by atoms with van der Waals surface area (Å²) in [5.74, 6) is -2.33. The summed E-state index contributed by atoms with van der Waals surface area (Å²) in [5, 5.41) is 5.06. The molecule has 1 aliphatic heterocycles. The Balaban J connectivity index is 1.31. The molecule has 0 aliphatic carbocycles. The van der Waals surface area contributed by atoms with Gasteiger partial charge >= 0.3 is 5.97 Å². The number of ether oxygens (including phenoxy) is 1. The van der Waals surface area contributed by atoms with Crippen LogP contribution in [0.15, 0.2) is 76.1 Å². The topological polar surface area (TPSA) is 122 Å². The molecule has 3 aromatic rings. The van der Waals surface area contributed by atoms with Gasteiger partial charge in [-0.25, -0.2) is 4.79 Å². The van der Waals surface area contributed by atoms with Gasteiger partial charge < -0.3 is 15.4 Å². The van der Waals surface area contributed by atoms with Gasteiger partial charge in [0.25, 0.3) is 17.1 Å². The number of nitrogens with zero attached hydrogens (tertiary/aromatic N) is 1. The van der Waals surface area contributed by atoms with Crippen molar-refractivity contribution < 1.29 is 28.7 Å². The van der Waals surface area contributed by atoms with Crippen molar-refractivity contribution in [3.63, 3.8) is 0 Å². The van der Waals surface area contributed by atoms with Crippen LogP contribution in [-0.4, -0.2) is 47.0 Å². The lowest BCUT2D eigenvalue weighted by atomic mass is 10.1. The third-order valence-corrected chi connectivity index (χ3v) is 7.63. The first-order valence-corrected chi connectivity index (χ1v) is 13.7. The number of thioether (sulfide) groups is 1. The Morgan fingerprint density at radius 1 is 0.950 bits per heavy atom. The Bertz CT molecular complexity index is 1530. The molecule has 0 atom stereocenters. The number of hydrogen-bond donors (Lipinski definition) is 2. The molecule has 1 fully saturated rings. The van der Waals surface area contributed by atoms with E-state index in [0.717, 1.165) is 10.5 Å². The molecular formula is C28H21BrClN3O6S. The second-order valence-electron chi connectivity index (χ2n) is 8.56. The molecule has 0 aromatic heterocycles. The van der Waals surface area contributed by atoms with Crippen molar-refractivity contribution in [3.05, 3.63) is 97.8 Å². The molecule has 3 aromatic carbocycles. The Kier molecular flexibility index (Phi) is 9.41. The molecule has 12 heteroatoms. The normalized spacial score (nSPS) is 13.9. The Labute approximate surface area is 247 Å². The zero-order valence-corrected chi connectivity index (χ0v) is 24.1. The first-order valence-electron chi connectivity index (χ1n) is 11.7. The quantitative estimate of drug-likeness (QED) is 0.232. The van der Waals surface area contributed by atoms with E-state index in [9.17, 15) is 24.0 Å². The van der Waals surface area contributed by atoms with Crippen LogP contribution in [0.25, 0.3) is 6.08 Å². The lowest BCUT2D eigenvalue weighted by Gasteiger charge is -2.12. The van der Waals surface area contributed by atoms with Crippen molar-refractivity contribution in [3.8, 4) is 0 Å². The fourth-order valence-corrected chi connectivity index (χ4v) is 4.73. The average Bonchev–Trinajstić information content (AvgIpc) is 3.18. The molecule has 204 valence electrons. The zero-order valence-electron chi connectivity index (χ0n) is 20.9. The van der Waals surface area contributed by atoms with Crippen LogP contribution in [0, 0.1) is 6.92 Å². The number of aryl methyl sites for hydroxylation is 1. The van der Waals surface area contributed by atoms with Crippen molar-refractivity contribution in [2.24, 2.45) is 0 Å². The highest BCUT2D eigenvalue weighted by Gasteiger charge is 2.36.